The van der Waals surface area contributed by atoms with Crippen LogP contribution in [0.2, 0.25) is 0 Å². The van der Waals surface area contributed by atoms with Crippen molar-refractivity contribution >= 4 is 5.69 Å². The third-order valence-corrected chi connectivity index (χ3v) is 3.17. The molecule has 0 aromatic carbocycles. The van der Waals surface area contributed by atoms with Crippen molar-refractivity contribution in [2.45, 2.75) is 26.7 Å². The van der Waals surface area contributed by atoms with E-state index in [1.807, 2.05) is 17.1 Å². The molecule has 19 heavy (non-hydrogen) atoms. The number of anilines is 1. The highest BCUT2D eigenvalue weighted by molar-refractivity contribution is 5.37. The summed E-state index contributed by atoms with van der Waals surface area (Å²) in [6.07, 6.45) is 3.59. The number of likely N-dealkylation sites (N-methyl/N-ethyl adjacent to an activating group) is 1. The predicted molar refractivity (Wildman–Crippen MR) is 76.3 cm³/mol. The first-order valence-corrected chi connectivity index (χ1v) is 6.77. The van der Waals surface area contributed by atoms with Crippen LogP contribution in [0.15, 0.2) is 12.4 Å². The maximum absolute atomic E-state index is 5.12. The molecule has 6 nitrogen and oxygen atoms in total. The smallest absolute Gasteiger partial charge is 0.173 e. The molecule has 1 rings (SSSR count). The fraction of sp³-hybridized carbons (Fsp3) is 0.769. The van der Waals surface area contributed by atoms with Crippen LogP contribution in [0.4, 0.5) is 5.69 Å². The molecule has 110 valence electrons. The molecular formula is C13H26N4O2. The minimum Gasteiger partial charge on any atom is -0.377 e. The molecule has 0 saturated carbocycles. The quantitative estimate of drug-likeness (QED) is 0.649. The van der Waals surface area contributed by atoms with E-state index in [-0.39, 0.29) is 6.29 Å². The van der Waals surface area contributed by atoms with E-state index >= 15 is 0 Å². The van der Waals surface area contributed by atoms with Gasteiger partial charge in [-0.1, -0.05) is 13.8 Å². The Balaban J connectivity index is 2.35. The van der Waals surface area contributed by atoms with E-state index in [4.69, 9.17) is 9.47 Å². The van der Waals surface area contributed by atoms with Crippen molar-refractivity contribution in [3.8, 4) is 0 Å². The highest BCUT2D eigenvalue weighted by Crippen LogP contribution is 2.05. The van der Waals surface area contributed by atoms with Gasteiger partial charge in [0.2, 0.25) is 0 Å². The second-order valence-corrected chi connectivity index (χ2v) is 4.30. The lowest BCUT2D eigenvalue weighted by atomic mass is 10.4. The van der Waals surface area contributed by atoms with Gasteiger partial charge in [0.1, 0.15) is 0 Å². The second-order valence-electron chi connectivity index (χ2n) is 4.30. The Labute approximate surface area is 115 Å². The molecule has 0 aliphatic carbocycles. The lowest BCUT2D eigenvalue weighted by molar-refractivity contribution is -0.0914. The number of methoxy groups -OCH3 is 2. The number of rotatable bonds is 10. The first-order chi connectivity index (χ1) is 9.23. The van der Waals surface area contributed by atoms with Gasteiger partial charge in [-0.3, -0.25) is 4.68 Å². The second kappa shape index (κ2) is 8.90. The Morgan fingerprint density at radius 3 is 2.58 bits per heavy atom. The molecule has 0 saturated heterocycles. The maximum atomic E-state index is 5.12. The lowest BCUT2D eigenvalue weighted by Gasteiger charge is -2.17. The first kappa shape index (κ1) is 15.9. The molecule has 0 fully saturated rings. The Kier molecular flexibility index (Phi) is 7.47. The number of ether oxygens (including phenoxy) is 2. The van der Waals surface area contributed by atoms with Crippen LogP contribution in [-0.4, -0.2) is 61.4 Å². The van der Waals surface area contributed by atoms with E-state index in [9.17, 15) is 0 Å². The maximum Gasteiger partial charge on any atom is 0.173 e. The van der Waals surface area contributed by atoms with Crippen LogP contribution in [0.25, 0.3) is 0 Å². The molecular weight excluding hydrogens is 244 g/mol. The summed E-state index contributed by atoms with van der Waals surface area (Å²) in [5.74, 6) is 0. The molecule has 0 bridgehead atoms. The minimum absolute atomic E-state index is 0.237. The Bertz CT molecular complexity index is 305. The summed E-state index contributed by atoms with van der Waals surface area (Å²) >= 11 is 0. The van der Waals surface area contributed by atoms with E-state index in [1.54, 1.807) is 14.2 Å². The molecule has 1 N–H and O–H groups in total. The molecule has 0 radical (unpaired) electrons. The van der Waals surface area contributed by atoms with Crippen LogP contribution in [0.1, 0.15) is 13.8 Å². The van der Waals surface area contributed by atoms with Crippen molar-refractivity contribution in [3.63, 3.8) is 0 Å². The van der Waals surface area contributed by atoms with Gasteiger partial charge in [0.05, 0.1) is 25.0 Å². The van der Waals surface area contributed by atoms with Crippen LogP contribution in [0.5, 0.6) is 0 Å². The van der Waals surface area contributed by atoms with Gasteiger partial charge in [-0.15, -0.1) is 0 Å². The Hall–Kier alpha value is -1.11. The van der Waals surface area contributed by atoms with Crippen molar-refractivity contribution in [2.75, 3.05) is 45.7 Å². The number of hydrogen-bond acceptors (Lipinski definition) is 5. The summed E-state index contributed by atoms with van der Waals surface area (Å²) < 4.78 is 12.2. The zero-order valence-electron chi connectivity index (χ0n) is 12.4. The summed E-state index contributed by atoms with van der Waals surface area (Å²) in [5, 5.41) is 7.57. The van der Waals surface area contributed by atoms with Gasteiger partial charge in [-0.25, -0.2) is 0 Å². The largest absolute Gasteiger partial charge is 0.377 e. The number of nitrogens with zero attached hydrogens (tertiary/aromatic N) is 3. The SMILES string of the molecule is CCN(CC)CCn1cc(NCC(OC)OC)cn1. The fourth-order valence-corrected chi connectivity index (χ4v) is 1.82. The molecule has 0 aliphatic heterocycles. The van der Waals surface area contributed by atoms with Crippen LogP contribution in [0, 0.1) is 0 Å². The van der Waals surface area contributed by atoms with Gasteiger partial charge in [0, 0.05) is 27.0 Å². The predicted octanol–water partition coefficient (Wildman–Crippen LogP) is 1.26. The third-order valence-electron chi connectivity index (χ3n) is 3.17. The van der Waals surface area contributed by atoms with Crippen LogP contribution in [-0.2, 0) is 16.0 Å². The van der Waals surface area contributed by atoms with Crippen LogP contribution in [0.3, 0.4) is 0 Å². The molecule has 6 heteroatoms. The molecule has 0 aliphatic rings. The van der Waals surface area contributed by atoms with Crippen molar-refractivity contribution in [1.82, 2.24) is 14.7 Å². The molecule has 1 heterocycles. The normalized spacial score (nSPS) is 11.5. The Morgan fingerprint density at radius 2 is 2.00 bits per heavy atom. The summed E-state index contributed by atoms with van der Waals surface area (Å²) in [7, 11) is 3.26. The van der Waals surface area contributed by atoms with E-state index in [0.29, 0.717) is 6.54 Å². The van der Waals surface area contributed by atoms with Crippen molar-refractivity contribution in [1.29, 1.82) is 0 Å². The van der Waals surface area contributed by atoms with E-state index in [0.717, 1.165) is 31.9 Å². The van der Waals surface area contributed by atoms with Crippen LogP contribution >= 0.6 is 0 Å². The molecule has 1 aromatic rings. The van der Waals surface area contributed by atoms with E-state index in [2.05, 4.69) is 29.2 Å². The number of nitrogens with one attached hydrogen (secondary N) is 1. The first-order valence-electron chi connectivity index (χ1n) is 6.77. The third kappa shape index (κ3) is 5.59. The highest BCUT2D eigenvalue weighted by atomic mass is 16.7. The van der Waals surface area contributed by atoms with E-state index in [1.165, 1.54) is 0 Å². The number of hydrogen-bond donors (Lipinski definition) is 1. The molecule has 1 aromatic heterocycles. The number of aromatic nitrogens is 2. The monoisotopic (exact) mass is 270 g/mol. The minimum atomic E-state index is -0.237. The highest BCUT2D eigenvalue weighted by Gasteiger charge is 2.06. The molecule has 0 atom stereocenters. The van der Waals surface area contributed by atoms with Gasteiger partial charge < -0.3 is 19.7 Å². The summed E-state index contributed by atoms with van der Waals surface area (Å²) in [6, 6.07) is 0. The topological polar surface area (TPSA) is 51.5 Å². The lowest BCUT2D eigenvalue weighted by Crippen LogP contribution is -2.27. The van der Waals surface area contributed by atoms with Crippen LogP contribution < -0.4 is 5.32 Å². The van der Waals surface area contributed by atoms with Crippen molar-refractivity contribution in [2.24, 2.45) is 0 Å². The van der Waals surface area contributed by atoms with Gasteiger partial charge in [-0.05, 0) is 13.1 Å². The van der Waals surface area contributed by atoms with Crippen molar-refractivity contribution < 1.29 is 9.47 Å². The van der Waals surface area contributed by atoms with Crippen molar-refractivity contribution in [3.05, 3.63) is 12.4 Å². The van der Waals surface area contributed by atoms with Gasteiger partial charge in [-0.2, -0.15) is 5.10 Å². The summed E-state index contributed by atoms with van der Waals surface area (Å²) in [4.78, 5) is 2.38. The van der Waals surface area contributed by atoms with Gasteiger partial charge in [0.25, 0.3) is 0 Å². The zero-order valence-corrected chi connectivity index (χ0v) is 12.4. The average Bonchev–Trinajstić information content (AvgIpc) is 2.89. The average molecular weight is 270 g/mol. The zero-order chi connectivity index (χ0) is 14.1. The van der Waals surface area contributed by atoms with E-state index < -0.39 is 0 Å². The van der Waals surface area contributed by atoms with Gasteiger partial charge in [0.15, 0.2) is 6.29 Å². The standard InChI is InChI=1S/C13H26N4O2/c1-5-16(6-2)7-8-17-11-12(9-15-17)14-10-13(18-3)19-4/h9,11,13-14H,5-8,10H2,1-4H3. The van der Waals surface area contributed by atoms with Gasteiger partial charge >= 0.3 is 0 Å². The molecule has 0 amide bonds. The summed E-state index contributed by atoms with van der Waals surface area (Å²) in [5.41, 5.74) is 0.985. The Morgan fingerprint density at radius 1 is 1.32 bits per heavy atom. The fourth-order valence-electron chi connectivity index (χ4n) is 1.82. The summed E-state index contributed by atoms with van der Waals surface area (Å²) in [6.45, 7) is 9.03. The molecule has 0 spiro atoms. The molecule has 0 unspecified atom stereocenters.